The zero-order valence-corrected chi connectivity index (χ0v) is 18.9. The predicted octanol–water partition coefficient (Wildman–Crippen LogP) is 4.10. The van der Waals surface area contributed by atoms with Crippen LogP contribution in [0.15, 0.2) is 42.5 Å². The molecular formula is C26H30N2O4. The third-order valence-electron chi connectivity index (χ3n) is 6.06. The second-order valence-corrected chi connectivity index (χ2v) is 8.11. The minimum absolute atomic E-state index is 0.185. The van der Waals surface area contributed by atoms with Crippen molar-refractivity contribution in [1.29, 1.82) is 0 Å². The summed E-state index contributed by atoms with van der Waals surface area (Å²) >= 11 is 0. The molecule has 2 N–H and O–H groups in total. The largest absolute Gasteiger partial charge is 0.493 e. The van der Waals surface area contributed by atoms with Gasteiger partial charge in [0.1, 0.15) is 0 Å². The third kappa shape index (κ3) is 4.50. The van der Waals surface area contributed by atoms with Crippen LogP contribution in [0.5, 0.6) is 11.5 Å². The normalized spacial score (nSPS) is 13.6. The maximum absolute atomic E-state index is 12.0. The molecule has 0 atom stereocenters. The molecule has 6 heteroatoms. The van der Waals surface area contributed by atoms with Gasteiger partial charge < -0.3 is 19.9 Å². The van der Waals surface area contributed by atoms with Crippen molar-refractivity contribution < 1.29 is 19.0 Å². The average molecular weight is 435 g/mol. The van der Waals surface area contributed by atoms with Crippen molar-refractivity contribution in [3.05, 3.63) is 64.7 Å². The van der Waals surface area contributed by atoms with Gasteiger partial charge >= 0.3 is 5.97 Å². The van der Waals surface area contributed by atoms with Crippen LogP contribution in [-0.2, 0) is 35.5 Å². The summed E-state index contributed by atoms with van der Waals surface area (Å²) < 4.78 is 16.0. The van der Waals surface area contributed by atoms with E-state index in [-0.39, 0.29) is 12.4 Å². The van der Waals surface area contributed by atoms with Gasteiger partial charge in [0.25, 0.3) is 0 Å². The van der Waals surface area contributed by atoms with Crippen molar-refractivity contribution in [2.75, 3.05) is 33.1 Å². The molecule has 0 bridgehead atoms. The molecule has 32 heavy (non-hydrogen) atoms. The highest BCUT2D eigenvalue weighted by atomic mass is 16.5. The lowest BCUT2D eigenvalue weighted by Gasteiger charge is -2.29. The fourth-order valence-corrected chi connectivity index (χ4v) is 4.45. The molecule has 0 fully saturated rings. The molecular weight excluding hydrogens is 404 g/mol. The van der Waals surface area contributed by atoms with Crippen molar-refractivity contribution >= 4 is 22.4 Å². The number of rotatable bonds is 7. The first kappa shape index (κ1) is 22.0. The van der Waals surface area contributed by atoms with E-state index in [0.717, 1.165) is 53.9 Å². The number of nitrogens with zero attached hydrogens (tertiary/aromatic N) is 1. The van der Waals surface area contributed by atoms with Gasteiger partial charge in [0, 0.05) is 25.3 Å². The third-order valence-corrected chi connectivity index (χ3v) is 6.06. The SMILES string of the molecule is CCOC(=O)Cc1c(N)ccc2cc(CN3CCc4cc(OC)c(OC)cc4C3)ccc12. The number of methoxy groups -OCH3 is 2. The smallest absolute Gasteiger partial charge is 0.310 e. The van der Waals surface area contributed by atoms with Crippen LogP contribution in [0.25, 0.3) is 10.8 Å². The van der Waals surface area contributed by atoms with Gasteiger partial charge in [-0.25, -0.2) is 0 Å². The molecule has 4 rings (SSSR count). The van der Waals surface area contributed by atoms with E-state index in [1.165, 1.54) is 16.7 Å². The summed E-state index contributed by atoms with van der Waals surface area (Å²) in [7, 11) is 3.34. The summed E-state index contributed by atoms with van der Waals surface area (Å²) in [5, 5.41) is 2.09. The molecule has 1 aliphatic heterocycles. The lowest BCUT2D eigenvalue weighted by molar-refractivity contribution is -0.142. The van der Waals surface area contributed by atoms with Crippen LogP contribution in [0.3, 0.4) is 0 Å². The molecule has 0 saturated heterocycles. The number of fused-ring (bicyclic) bond motifs is 2. The zero-order chi connectivity index (χ0) is 22.7. The molecule has 0 aliphatic carbocycles. The molecule has 0 aromatic heterocycles. The van der Waals surface area contributed by atoms with E-state index in [4.69, 9.17) is 19.9 Å². The monoisotopic (exact) mass is 434 g/mol. The molecule has 6 nitrogen and oxygen atoms in total. The Morgan fingerprint density at radius 1 is 1.03 bits per heavy atom. The maximum atomic E-state index is 12.0. The number of carbonyl (C=O) groups is 1. The number of hydrogen-bond donors (Lipinski definition) is 1. The Bertz CT molecular complexity index is 1140. The summed E-state index contributed by atoms with van der Waals surface area (Å²) in [6, 6.07) is 14.5. The number of nitrogens with two attached hydrogens (primary N) is 1. The van der Waals surface area contributed by atoms with E-state index in [0.29, 0.717) is 12.3 Å². The van der Waals surface area contributed by atoms with Crippen LogP contribution in [0.4, 0.5) is 5.69 Å². The number of carbonyl (C=O) groups excluding carboxylic acids is 1. The van der Waals surface area contributed by atoms with Gasteiger partial charge in [-0.3, -0.25) is 9.69 Å². The van der Waals surface area contributed by atoms with Gasteiger partial charge in [-0.15, -0.1) is 0 Å². The Hall–Kier alpha value is -3.25. The Balaban J connectivity index is 1.54. The number of anilines is 1. The minimum Gasteiger partial charge on any atom is -0.493 e. The van der Waals surface area contributed by atoms with Gasteiger partial charge in [0.15, 0.2) is 11.5 Å². The van der Waals surface area contributed by atoms with Gasteiger partial charge in [0.2, 0.25) is 0 Å². The predicted molar refractivity (Wildman–Crippen MR) is 126 cm³/mol. The molecule has 1 heterocycles. The molecule has 0 amide bonds. The number of nitrogen functional groups attached to an aromatic ring is 1. The van der Waals surface area contributed by atoms with Crippen molar-refractivity contribution in [2.24, 2.45) is 0 Å². The Morgan fingerprint density at radius 3 is 2.50 bits per heavy atom. The maximum Gasteiger partial charge on any atom is 0.310 e. The number of ether oxygens (including phenoxy) is 3. The van der Waals surface area contributed by atoms with Crippen LogP contribution in [0.2, 0.25) is 0 Å². The fraction of sp³-hybridized carbons (Fsp3) is 0.346. The summed E-state index contributed by atoms with van der Waals surface area (Å²) in [6.07, 6.45) is 1.16. The van der Waals surface area contributed by atoms with Gasteiger partial charge in [-0.05, 0) is 70.6 Å². The van der Waals surface area contributed by atoms with Crippen LogP contribution in [0.1, 0.15) is 29.2 Å². The van der Waals surface area contributed by atoms with Crippen molar-refractivity contribution in [3.8, 4) is 11.5 Å². The first-order chi connectivity index (χ1) is 15.5. The van der Waals surface area contributed by atoms with E-state index in [1.54, 1.807) is 14.2 Å². The highest BCUT2D eigenvalue weighted by Gasteiger charge is 2.20. The van der Waals surface area contributed by atoms with Crippen LogP contribution in [-0.4, -0.2) is 38.2 Å². The van der Waals surface area contributed by atoms with E-state index in [9.17, 15) is 4.79 Å². The Kier molecular flexibility index (Phi) is 6.51. The van der Waals surface area contributed by atoms with Crippen LogP contribution in [0, 0.1) is 0 Å². The van der Waals surface area contributed by atoms with Crippen molar-refractivity contribution in [2.45, 2.75) is 32.9 Å². The fourth-order valence-electron chi connectivity index (χ4n) is 4.45. The van der Waals surface area contributed by atoms with E-state index in [1.807, 2.05) is 19.1 Å². The second kappa shape index (κ2) is 9.49. The summed E-state index contributed by atoms with van der Waals surface area (Å²) in [5.74, 6) is 1.30. The zero-order valence-electron chi connectivity index (χ0n) is 18.9. The second-order valence-electron chi connectivity index (χ2n) is 8.11. The first-order valence-electron chi connectivity index (χ1n) is 10.9. The van der Waals surface area contributed by atoms with Crippen LogP contribution >= 0.6 is 0 Å². The summed E-state index contributed by atoms with van der Waals surface area (Å²) in [6.45, 7) is 4.87. The highest BCUT2D eigenvalue weighted by molar-refractivity contribution is 5.93. The molecule has 0 unspecified atom stereocenters. The lowest BCUT2D eigenvalue weighted by atomic mass is 9.96. The molecule has 168 valence electrons. The topological polar surface area (TPSA) is 74.0 Å². The Morgan fingerprint density at radius 2 is 1.78 bits per heavy atom. The van der Waals surface area contributed by atoms with Gasteiger partial charge in [-0.2, -0.15) is 0 Å². The van der Waals surface area contributed by atoms with Crippen molar-refractivity contribution in [1.82, 2.24) is 4.90 Å². The summed E-state index contributed by atoms with van der Waals surface area (Å²) in [4.78, 5) is 14.5. The van der Waals surface area contributed by atoms with E-state index in [2.05, 4.69) is 35.2 Å². The van der Waals surface area contributed by atoms with Crippen molar-refractivity contribution in [3.63, 3.8) is 0 Å². The van der Waals surface area contributed by atoms with E-state index < -0.39 is 0 Å². The lowest BCUT2D eigenvalue weighted by Crippen LogP contribution is -2.30. The molecule has 0 saturated carbocycles. The standard InChI is InChI=1S/C26H30N2O4/c1-4-32-26(29)14-22-21-7-5-17(11-19(21)6-8-23(22)27)15-28-10-9-18-12-24(30-2)25(31-3)13-20(18)16-28/h5-8,11-13H,4,9-10,14-16,27H2,1-3H3. The Labute approximate surface area is 188 Å². The van der Waals surface area contributed by atoms with E-state index >= 15 is 0 Å². The molecule has 3 aromatic carbocycles. The molecule has 0 spiro atoms. The van der Waals surface area contributed by atoms with Crippen LogP contribution < -0.4 is 15.2 Å². The molecule has 3 aromatic rings. The number of benzene rings is 3. The average Bonchev–Trinajstić information content (AvgIpc) is 2.80. The number of hydrogen-bond acceptors (Lipinski definition) is 6. The number of esters is 1. The summed E-state index contributed by atoms with van der Waals surface area (Å²) in [5.41, 5.74) is 11.5. The highest BCUT2D eigenvalue weighted by Crippen LogP contribution is 2.34. The quantitative estimate of drug-likeness (QED) is 0.446. The molecule has 0 radical (unpaired) electrons. The van der Waals surface area contributed by atoms with Gasteiger partial charge in [-0.1, -0.05) is 18.2 Å². The first-order valence-corrected chi connectivity index (χ1v) is 10.9. The van der Waals surface area contributed by atoms with Gasteiger partial charge in [0.05, 0.1) is 27.2 Å². The molecule has 1 aliphatic rings. The minimum atomic E-state index is -0.255.